The maximum absolute atomic E-state index is 13.4. The second-order valence-corrected chi connectivity index (χ2v) is 7.28. The second-order valence-electron chi connectivity index (χ2n) is 7.28. The fourth-order valence-corrected chi connectivity index (χ4v) is 4.05. The molecule has 0 fully saturated rings. The van der Waals surface area contributed by atoms with Crippen LogP contribution in [-0.2, 0) is 0 Å². The van der Waals surface area contributed by atoms with E-state index in [-0.39, 0.29) is 11.9 Å². The summed E-state index contributed by atoms with van der Waals surface area (Å²) in [5.41, 5.74) is 3.79. The fraction of sp³-hybridized carbons (Fsp3) is 0.208. The van der Waals surface area contributed by atoms with E-state index in [1.54, 1.807) is 26.4 Å². The maximum atomic E-state index is 13.4. The van der Waals surface area contributed by atoms with E-state index in [9.17, 15) is 4.39 Å². The van der Waals surface area contributed by atoms with Crippen LogP contribution in [0.2, 0.25) is 0 Å². The molecule has 0 amide bonds. The van der Waals surface area contributed by atoms with Gasteiger partial charge in [0.2, 0.25) is 6.23 Å². The zero-order valence-corrected chi connectivity index (χ0v) is 16.7. The first-order chi connectivity index (χ1) is 14.7. The van der Waals surface area contributed by atoms with Crippen LogP contribution >= 0.6 is 0 Å². The van der Waals surface area contributed by atoms with Crippen LogP contribution in [0.4, 0.5) is 4.39 Å². The largest absolute Gasteiger partial charge is 0.497 e. The molecule has 2 heterocycles. The Bertz CT molecular complexity index is 1100. The van der Waals surface area contributed by atoms with Gasteiger partial charge >= 0.3 is 0 Å². The molecule has 0 unspecified atom stereocenters. The van der Waals surface area contributed by atoms with Crippen LogP contribution in [0.3, 0.4) is 0 Å². The van der Waals surface area contributed by atoms with E-state index in [2.05, 4.69) is 0 Å². The van der Waals surface area contributed by atoms with Gasteiger partial charge < -0.3 is 14.2 Å². The quantitative estimate of drug-likeness (QED) is 0.608. The van der Waals surface area contributed by atoms with Crippen LogP contribution in [0.1, 0.15) is 35.4 Å². The lowest BCUT2D eigenvalue weighted by Crippen LogP contribution is -2.33. The predicted molar refractivity (Wildman–Crippen MR) is 111 cm³/mol. The molecule has 30 heavy (non-hydrogen) atoms. The van der Waals surface area contributed by atoms with Crippen molar-refractivity contribution in [3.8, 4) is 17.2 Å². The normalized spacial score (nSPS) is 19.4. The third-order valence-electron chi connectivity index (χ3n) is 5.58. The number of methoxy groups -OCH3 is 2. The first-order valence-corrected chi connectivity index (χ1v) is 9.77. The molecule has 0 aromatic heterocycles. The van der Waals surface area contributed by atoms with Gasteiger partial charge in [0.1, 0.15) is 11.6 Å². The highest BCUT2D eigenvalue weighted by atomic mass is 19.1. The van der Waals surface area contributed by atoms with E-state index in [4.69, 9.17) is 19.3 Å². The molecule has 2 atom stereocenters. The molecule has 0 saturated carbocycles. The van der Waals surface area contributed by atoms with Crippen molar-refractivity contribution in [3.05, 3.63) is 89.2 Å². The summed E-state index contributed by atoms with van der Waals surface area (Å²) in [5.74, 6) is 1.95. The minimum absolute atomic E-state index is 0.00370. The van der Waals surface area contributed by atoms with Gasteiger partial charge in [0.05, 0.1) is 26.0 Å². The average Bonchev–Trinajstić information content (AvgIpc) is 3.24. The van der Waals surface area contributed by atoms with Crippen molar-refractivity contribution < 1.29 is 18.6 Å². The summed E-state index contributed by atoms with van der Waals surface area (Å²) in [5, 5.41) is 6.88. The first kappa shape index (κ1) is 18.5. The number of hydrogen-bond acceptors (Lipinski definition) is 5. The van der Waals surface area contributed by atoms with Crippen LogP contribution in [0, 0.1) is 5.82 Å². The molecular weight excluding hydrogens is 383 g/mol. The van der Waals surface area contributed by atoms with Gasteiger partial charge in [0.15, 0.2) is 11.5 Å². The van der Waals surface area contributed by atoms with Gasteiger partial charge in [-0.15, -0.1) is 0 Å². The monoisotopic (exact) mass is 404 g/mol. The topological polar surface area (TPSA) is 43.3 Å². The summed E-state index contributed by atoms with van der Waals surface area (Å²) < 4.78 is 30.7. The van der Waals surface area contributed by atoms with Crippen molar-refractivity contribution in [3.63, 3.8) is 0 Å². The molecule has 0 spiro atoms. The third kappa shape index (κ3) is 3.05. The van der Waals surface area contributed by atoms with Crippen LogP contribution in [-0.4, -0.2) is 24.9 Å². The third-order valence-corrected chi connectivity index (χ3v) is 5.58. The van der Waals surface area contributed by atoms with Crippen LogP contribution in [0.25, 0.3) is 0 Å². The first-order valence-electron chi connectivity index (χ1n) is 9.77. The Labute approximate surface area is 174 Å². The van der Waals surface area contributed by atoms with Gasteiger partial charge in [-0.3, -0.25) is 0 Å². The van der Waals surface area contributed by atoms with Crippen molar-refractivity contribution in [2.45, 2.75) is 18.7 Å². The molecule has 0 radical (unpaired) electrons. The van der Waals surface area contributed by atoms with Gasteiger partial charge in [-0.2, -0.15) is 5.10 Å². The standard InChI is InChI=1S/C24H21FN2O3/c1-28-18-12-8-16(9-13-18)24-27-21(19-4-3-5-22(29-2)23(19)30-24)14-20(26-27)15-6-10-17(25)11-7-15/h3-13,21,24H,14H2,1-2H3/t21-,24-/m1/s1. The number of hydrazone groups is 1. The van der Waals surface area contributed by atoms with E-state index in [0.717, 1.165) is 33.9 Å². The SMILES string of the molecule is COc1ccc([C@H]2Oc3c(OC)cccc3[C@H]3CC(c4ccc(F)cc4)=NN32)cc1. The number of ether oxygens (including phenoxy) is 3. The van der Waals surface area contributed by atoms with Crippen LogP contribution < -0.4 is 14.2 Å². The Kier molecular flexibility index (Phi) is 4.54. The molecular formula is C24H21FN2O3. The van der Waals surface area contributed by atoms with Crippen LogP contribution in [0.5, 0.6) is 17.2 Å². The van der Waals surface area contributed by atoms with Crippen molar-refractivity contribution in [1.29, 1.82) is 0 Å². The molecule has 3 aromatic carbocycles. The summed E-state index contributed by atoms with van der Waals surface area (Å²) in [7, 11) is 3.28. The lowest BCUT2D eigenvalue weighted by atomic mass is 9.95. The average molecular weight is 404 g/mol. The molecule has 0 N–H and O–H groups in total. The molecule has 2 aliphatic heterocycles. The predicted octanol–water partition coefficient (Wildman–Crippen LogP) is 5.09. The minimum Gasteiger partial charge on any atom is -0.497 e. The van der Waals surface area contributed by atoms with E-state index in [0.29, 0.717) is 12.2 Å². The van der Waals surface area contributed by atoms with Gasteiger partial charge in [0, 0.05) is 17.5 Å². The van der Waals surface area contributed by atoms with Crippen molar-refractivity contribution >= 4 is 5.71 Å². The lowest BCUT2D eigenvalue weighted by Gasteiger charge is -2.38. The molecule has 5 rings (SSSR count). The zero-order valence-electron chi connectivity index (χ0n) is 16.7. The summed E-state index contributed by atoms with van der Waals surface area (Å²) >= 11 is 0. The molecule has 5 nitrogen and oxygen atoms in total. The molecule has 3 aromatic rings. The highest BCUT2D eigenvalue weighted by Crippen LogP contribution is 2.50. The summed E-state index contributed by atoms with van der Waals surface area (Å²) in [6, 6.07) is 20.1. The Morgan fingerprint density at radius 2 is 1.73 bits per heavy atom. The number of fused-ring (bicyclic) bond motifs is 3. The number of hydrogen-bond donors (Lipinski definition) is 0. The van der Waals surface area contributed by atoms with Gasteiger partial charge in [-0.05, 0) is 48.0 Å². The van der Waals surface area contributed by atoms with Crippen LogP contribution in [0.15, 0.2) is 71.8 Å². The zero-order chi connectivity index (χ0) is 20.7. The molecule has 0 aliphatic carbocycles. The number of nitrogens with zero attached hydrogens (tertiary/aromatic N) is 2. The van der Waals surface area contributed by atoms with Gasteiger partial charge in [-0.25, -0.2) is 9.40 Å². The lowest BCUT2D eigenvalue weighted by molar-refractivity contribution is -0.0209. The Morgan fingerprint density at radius 1 is 0.967 bits per heavy atom. The Hall–Kier alpha value is -3.54. The van der Waals surface area contributed by atoms with E-state index >= 15 is 0 Å². The molecule has 0 saturated heterocycles. The maximum Gasteiger partial charge on any atom is 0.214 e. The van der Waals surface area contributed by atoms with Gasteiger partial charge in [-0.1, -0.05) is 24.3 Å². The summed E-state index contributed by atoms with van der Waals surface area (Å²) in [6.07, 6.45) is 0.282. The number of halogens is 1. The fourth-order valence-electron chi connectivity index (χ4n) is 4.05. The second kappa shape index (κ2) is 7.37. The highest BCUT2D eigenvalue weighted by Gasteiger charge is 2.42. The molecule has 0 bridgehead atoms. The van der Waals surface area contributed by atoms with E-state index in [1.807, 2.05) is 47.5 Å². The van der Waals surface area contributed by atoms with Gasteiger partial charge in [0.25, 0.3) is 0 Å². The summed E-state index contributed by atoms with van der Waals surface area (Å²) in [6.45, 7) is 0. The minimum atomic E-state index is -0.414. The van der Waals surface area contributed by atoms with Crippen molar-refractivity contribution in [1.82, 2.24) is 5.01 Å². The Morgan fingerprint density at radius 3 is 2.43 bits per heavy atom. The number of benzene rings is 3. The number of rotatable bonds is 4. The van der Waals surface area contributed by atoms with Crippen molar-refractivity contribution in [2.24, 2.45) is 5.10 Å². The highest BCUT2D eigenvalue weighted by molar-refractivity contribution is 6.02. The molecule has 6 heteroatoms. The van der Waals surface area contributed by atoms with E-state index < -0.39 is 6.23 Å². The smallest absolute Gasteiger partial charge is 0.214 e. The van der Waals surface area contributed by atoms with E-state index in [1.165, 1.54) is 12.1 Å². The Balaban J connectivity index is 1.59. The number of para-hydroxylation sites is 1. The molecule has 152 valence electrons. The van der Waals surface area contributed by atoms with Crippen molar-refractivity contribution in [2.75, 3.05) is 14.2 Å². The summed E-state index contributed by atoms with van der Waals surface area (Å²) in [4.78, 5) is 0. The molecule has 2 aliphatic rings.